The number of aliphatic hydroxyl groups excluding tert-OH is 2. The van der Waals surface area contributed by atoms with Crippen LogP contribution in [0.2, 0.25) is 36.3 Å². The Kier molecular flexibility index (Phi) is 28.0. The lowest BCUT2D eigenvalue weighted by Gasteiger charge is -2.36. The number of nitrogens with one attached hydrogen (secondary N) is 3. The maximum atomic E-state index is 13.0. The Hall–Kier alpha value is -8.85. The normalized spacial score (nSPS) is 14.2. The summed E-state index contributed by atoms with van der Waals surface area (Å²) in [5, 5.41) is 44.7. The number of hydrogen-bond acceptors (Lipinski definition) is 17. The van der Waals surface area contributed by atoms with E-state index in [-0.39, 0.29) is 59.1 Å². The molecule has 0 aliphatic carbocycles. The number of aromatic nitrogens is 12. The van der Waals surface area contributed by atoms with Gasteiger partial charge in [0.05, 0.1) is 52.2 Å². The number of H-pyrrole nitrogens is 1. The first-order valence-electron chi connectivity index (χ1n) is 33.9. The SMILES string of the molecule is C1CCOC1.CC(C)(C)[Si](C)(C)OCCCn1ccc(CC(N)=O)n1.CCCCn1cc(C2=C(c3ccn(CCCO[Si](C)(C)C(C)(C)C)n3)C(=O)NC2=O)c2cccnc21.NC(=O)Cc1ccn[nH]1.O=C1NC(=O)C(c2cn(CCCO)c3ncccc23)=C1c1ccn(CCCO)n1. The first-order chi connectivity index (χ1) is 47.1. The molecule has 29 heteroatoms. The zero-order valence-electron chi connectivity index (χ0n) is 59.2. The van der Waals surface area contributed by atoms with Crippen molar-refractivity contribution in [2.24, 2.45) is 11.5 Å². The minimum absolute atomic E-state index is 0.0417. The molecule has 27 nitrogen and oxygen atoms in total. The molecule has 0 aromatic carbocycles. The summed E-state index contributed by atoms with van der Waals surface area (Å²) >= 11 is 0. The molecule has 1 saturated heterocycles. The lowest BCUT2D eigenvalue weighted by molar-refractivity contribution is -0.124. The van der Waals surface area contributed by atoms with Gasteiger partial charge in [-0.1, -0.05) is 54.9 Å². The zero-order chi connectivity index (χ0) is 72.1. The maximum absolute atomic E-state index is 13.0. The number of fused-ring (bicyclic) bond motifs is 2. The van der Waals surface area contributed by atoms with E-state index in [1.807, 2.05) is 56.8 Å². The number of nitrogens with two attached hydrogens (primary N) is 2. The highest BCUT2D eigenvalue weighted by molar-refractivity contribution is 6.74. The van der Waals surface area contributed by atoms with Gasteiger partial charge in [-0.3, -0.25) is 58.5 Å². The number of imide groups is 2. The molecule has 3 aliphatic heterocycles. The van der Waals surface area contributed by atoms with Crippen molar-refractivity contribution >= 4 is 96.4 Å². The van der Waals surface area contributed by atoms with Crippen LogP contribution in [-0.4, -0.2) is 161 Å². The van der Waals surface area contributed by atoms with Gasteiger partial charge in [0.15, 0.2) is 16.6 Å². The van der Waals surface area contributed by atoms with Crippen molar-refractivity contribution < 1.29 is 52.6 Å². The van der Waals surface area contributed by atoms with Crippen LogP contribution in [0.5, 0.6) is 0 Å². The van der Waals surface area contributed by atoms with Crippen LogP contribution in [-0.2, 0) is 87.9 Å². The van der Waals surface area contributed by atoms with Gasteiger partial charge >= 0.3 is 0 Å². The van der Waals surface area contributed by atoms with Crippen LogP contribution in [0, 0.1) is 0 Å². The van der Waals surface area contributed by atoms with Crippen molar-refractivity contribution in [1.82, 2.24) is 69.3 Å². The fourth-order valence-corrected chi connectivity index (χ4v) is 12.5. The third-order valence-corrected chi connectivity index (χ3v) is 26.8. The summed E-state index contributed by atoms with van der Waals surface area (Å²) in [6, 6.07) is 14.5. The van der Waals surface area contributed by atoms with Gasteiger partial charge in [0.2, 0.25) is 11.8 Å². The number of carbonyl (C=O) groups excluding carboxylic acids is 6. The first kappa shape index (κ1) is 77.5. The van der Waals surface area contributed by atoms with Crippen LogP contribution in [0.1, 0.15) is 134 Å². The second kappa shape index (κ2) is 35.8. The summed E-state index contributed by atoms with van der Waals surface area (Å²) in [7, 11) is -3.44. The van der Waals surface area contributed by atoms with Gasteiger partial charge in [-0.25, -0.2) is 9.97 Å². The van der Waals surface area contributed by atoms with E-state index in [1.165, 1.54) is 12.8 Å². The Labute approximate surface area is 580 Å². The number of primary amides is 2. The molecular formula is C70H100N16O11Si2. The van der Waals surface area contributed by atoms with E-state index in [0.29, 0.717) is 78.4 Å². The number of rotatable bonds is 27. The molecule has 9 N–H and O–H groups in total. The number of aromatic amines is 1. The van der Waals surface area contributed by atoms with E-state index in [9.17, 15) is 33.9 Å². The number of aliphatic hydroxyl groups is 2. The molecule has 11 rings (SSSR count). The van der Waals surface area contributed by atoms with E-state index in [2.05, 4.69) is 125 Å². The summed E-state index contributed by atoms with van der Waals surface area (Å²) in [6.45, 7) is 31.4. The lowest BCUT2D eigenvalue weighted by atomic mass is 10.00. The highest BCUT2D eigenvalue weighted by Gasteiger charge is 2.39. The highest BCUT2D eigenvalue weighted by Crippen LogP contribution is 2.39. The van der Waals surface area contributed by atoms with Gasteiger partial charge in [-0.05, 0) is 130 Å². The minimum Gasteiger partial charge on any atom is -0.417 e. The number of ether oxygens (including phenoxy) is 1. The largest absolute Gasteiger partial charge is 0.417 e. The average Bonchev–Trinajstić information content (AvgIpc) is 1.61. The molecule has 3 aliphatic rings. The Morgan fingerprint density at radius 2 is 1.00 bits per heavy atom. The first-order valence-corrected chi connectivity index (χ1v) is 39.7. The molecule has 0 atom stereocenters. The molecule has 534 valence electrons. The molecule has 0 saturated carbocycles. The molecule has 8 aromatic rings. The lowest BCUT2D eigenvalue weighted by Crippen LogP contribution is -2.41. The van der Waals surface area contributed by atoms with Gasteiger partial charge in [-0.15, -0.1) is 0 Å². The van der Waals surface area contributed by atoms with Crippen molar-refractivity contribution in [2.45, 2.75) is 182 Å². The van der Waals surface area contributed by atoms with E-state index in [4.69, 9.17) is 30.2 Å². The topological polar surface area (TPSA) is 364 Å². The van der Waals surface area contributed by atoms with Gasteiger partial charge in [0.1, 0.15) is 11.3 Å². The Balaban J connectivity index is 0.000000195. The minimum atomic E-state index is -1.79. The second-order valence-corrected chi connectivity index (χ2v) is 37.0. The van der Waals surface area contributed by atoms with E-state index >= 15 is 0 Å². The number of pyridine rings is 2. The second-order valence-electron chi connectivity index (χ2n) is 27.4. The van der Waals surface area contributed by atoms with Gasteiger partial charge in [0.25, 0.3) is 23.6 Å². The van der Waals surface area contributed by atoms with Crippen LogP contribution in [0.4, 0.5) is 0 Å². The van der Waals surface area contributed by atoms with E-state index in [0.717, 1.165) is 86.4 Å². The summed E-state index contributed by atoms with van der Waals surface area (Å²) < 4.78 is 26.6. The van der Waals surface area contributed by atoms with Crippen LogP contribution in [0.3, 0.4) is 0 Å². The predicted octanol–water partition coefficient (Wildman–Crippen LogP) is 8.13. The Bertz CT molecular complexity index is 4070. The number of unbranched alkanes of at least 4 members (excludes halogenated alkanes) is 1. The predicted molar refractivity (Wildman–Crippen MR) is 384 cm³/mol. The fraction of sp³-hybridized carbons (Fsp3) is 0.486. The smallest absolute Gasteiger partial charge is 0.261 e. The molecule has 99 heavy (non-hydrogen) atoms. The van der Waals surface area contributed by atoms with Crippen LogP contribution in [0.15, 0.2) is 98.1 Å². The number of carbonyl (C=O) groups is 6. The number of nitrogens with zero attached hydrogens (tertiary/aromatic N) is 11. The van der Waals surface area contributed by atoms with Crippen LogP contribution in [0.25, 0.3) is 44.4 Å². The molecule has 1 fully saturated rings. The quantitative estimate of drug-likeness (QED) is 0.0145. The number of hydrogen-bond donors (Lipinski definition) is 7. The summed E-state index contributed by atoms with van der Waals surface area (Å²) in [6.07, 6.45) is 22.1. The molecule has 8 aromatic heterocycles. The van der Waals surface area contributed by atoms with Crippen molar-refractivity contribution in [3.63, 3.8) is 0 Å². The van der Waals surface area contributed by atoms with Gasteiger partial charge < -0.3 is 44.4 Å². The standard InChI is InChI=1S/C27H37N5O3Si.C20H21N5O4.C14H27N3O2Si.C5H7N3O.C4H8O/c1-7-8-14-31-18-20(19-11-9-13-28-24(19)31)22-23(26(34)29-25(22)33)21-12-16-32(30-21)15-10-17-35-36(5,6)27(2,3)4;26-10-2-7-24-12-14(13-4-1-6-21-18(13)24)16-17(20(29)22-19(16)28)15-5-9-25(23-15)8-3-11-27;1-14(2,3)20(4,5)19-10-6-8-17-9-7-12(16-17)11-13(15)18;6-5(9)3-4-1-2-7-8-4;1-2-4-5-3-1/h9,11-13,16,18H,7-8,10,14-15,17H2,1-6H3,(H,29,33,34);1,4-6,9,12,26-27H,2-3,7-8,10-11H2,(H,22,28,29);7,9H,6,8,10-11H2,1-5H3,(H2,15,18);1-2H,3H2,(H2,6,9)(H,7,8);1-4H2. The van der Waals surface area contributed by atoms with Gasteiger partial charge in [-0.2, -0.15) is 20.4 Å². The number of aryl methyl sites for hydroxylation is 5. The van der Waals surface area contributed by atoms with Crippen LogP contribution < -0.4 is 22.1 Å². The molecular weight excluding hydrogens is 1300 g/mol. The molecule has 0 unspecified atom stereocenters. The molecule has 11 heterocycles. The van der Waals surface area contributed by atoms with Crippen molar-refractivity contribution in [2.75, 3.05) is 39.6 Å². The van der Waals surface area contributed by atoms with Gasteiger partial charge in [0, 0.05) is 150 Å². The van der Waals surface area contributed by atoms with E-state index in [1.54, 1.807) is 59.9 Å². The molecule has 6 amide bonds. The molecule has 0 spiro atoms. The average molecular weight is 1400 g/mol. The highest BCUT2D eigenvalue weighted by atomic mass is 28.4. The summed E-state index contributed by atoms with van der Waals surface area (Å²) in [4.78, 5) is 81.1. The third-order valence-electron chi connectivity index (χ3n) is 17.7. The third kappa shape index (κ3) is 21.3. The fourth-order valence-electron chi connectivity index (χ4n) is 10.4. The monoisotopic (exact) mass is 1400 g/mol. The molecule has 0 radical (unpaired) electrons. The zero-order valence-corrected chi connectivity index (χ0v) is 61.2. The summed E-state index contributed by atoms with van der Waals surface area (Å²) in [5.74, 6) is -2.47. The Morgan fingerprint density at radius 1 is 0.566 bits per heavy atom. The van der Waals surface area contributed by atoms with Crippen molar-refractivity contribution in [3.8, 4) is 0 Å². The van der Waals surface area contributed by atoms with Crippen molar-refractivity contribution in [1.29, 1.82) is 0 Å². The van der Waals surface area contributed by atoms with E-state index < -0.39 is 40.3 Å². The van der Waals surface area contributed by atoms with Crippen LogP contribution >= 0.6 is 0 Å². The number of amides is 6. The summed E-state index contributed by atoms with van der Waals surface area (Å²) in [5.41, 5.74) is 16.4. The molecule has 0 bridgehead atoms. The Morgan fingerprint density at radius 3 is 1.41 bits per heavy atom. The van der Waals surface area contributed by atoms with Crippen molar-refractivity contribution in [3.05, 3.63) is 132 Å². The maximum Gasteiger partial charge on any atom is 0.261 e.